The summed E-state index contributed by atoms with van der Waals surface area (Å²) in [5.41, 5.74) is 6.14. The standard InChI is InChI=1S/C12H18N2O4S2/c1-4-18-12(15)8-19-11-6-5-9(7-10(11)13)20(16,17)14(2)3/h5-7H,4,8,13H2,1-3H3. The number of carbonyl (C=O) groups excluding carboxylic acids is 1. The Morgan fingerprint density at radius 1 is 1.40 bits per heavy atom. The van der Waals surface area contributed by atoms with Crippen molar-refractivity contribution in [2.24, 2.45) is 0 Å². The number of benzene rings is 1. The van der Waals surface area contributed by atoms with E-state index < -0.39 is 10.0 Å². The normalized spacial score (nSPS) is 11.6. The highest BCUT2D eigenvalue weighted by Crippen LogP contribution is 2.28. The van der Waals surface area contributed by atoms with Crippen LogP contribution in [0, 0.1) is 0 Å². The second-order valence-electron chi connectivity index (χ2n) is 4.08. The van der Waals surface area contributed by atoms with E-state index in [1.54, 1.807) is 13.0 Å². The van der Waals surface area contributed by atoms with Gasteiger partial charge in [-0.2, -0.15) is 0 Å². The second-order valence-corrected chi connectivity index (χ2v) is 7.25. The van der Waals surface area contributed by atoms with Gasteiger partial charge in [-0.25, -0.2) is 12.7 Å². The number of esters is 1. The third-order valence-electron chi connectivity index (χ3n) is 2.41. The number of hydrogen-bond donors (Lipinski definition) is 1. The molecule has 0 aromatic heterocycles. The lowest BCUT2D eigenvalue weighted by Crippen LogP contribution is -2.22. The molecule has 0 radical (unpaired) electrons. The zero-order valence-electron chi connectivity index (χ0n) is 11.6. The molecule has 1 aromatic carbocycles. The van der Waals surface area contributed by atoms with Gasteiger partial charge < -0.3 is 10.5 Å². The molecule has 0 unspecified atom stereocenters. The highest BCUT2D eigenvalue weighted by atomic mass is 32.2. The molecule has 0 fully saturated rings. The first-order valence-electron chi connectivity index (χ1n) is 5.89. The van der Waals surface area contributed by atoms with Crippen molar-refractivity contribution in [3.63, 3.8) is 0 Å². The molecule has 0 spiro atoms. The highest BCUT2D eigenvalue weighted by molar-refractivity contribution is 8.00. The third-order valence-corrected chi connectivity index (χ3v) is 5.28. The quantitative estimate of drug-likeness (QED) is 0.481. The van der Waals surface area contributed by atoms with Crippen LogP contribution in [0.15, 0.2) is 28.0 Å². The molecule has 0 aliphatic rings. The first-order valence-corrected chi connectivity index (χ1v) is 8.32. The van der Waals surface area contributed by atoms with E-state index in [2.05, 4.69) is 0 Å². The molecule has 1 rings (SSSR count). The van der Waals surface area contributed by atoms with E-state index in [4.69, 9.17) is 10.5 Å². The van der Waals surface area contributed by atoms with Gasteiger partial charge in [0.1, 0.15) is 0 Å². The van der Waals surface area contributed by atoms with Crippen LogP contribution >= 0.6 is 11.8 Å². The Kier molecular flexibility index (Phi) is 5.85. The van der Waals surface area contributed by atoms with E-state index >= 15 is 0 Å². The second kappa shape index (κ2) is 6.96. The van der Waals surface area contributed by atoms with Crippen LogP contribution in [0.1, 0.15) is 6.92 Å². The molecule has 8 heteroatoms. The van der Waals surface area contributed by atoms with Gasteiger partial charge in [0.05, 0.1) is 17.3 Å². The summed E-state index contributed by atoms with van der Waals surface area (Å²) >= 11 is 1.21. The van der Waals surface area contributed by atoms with Crippen molar-refractivity contribution < 1.29 is 17.9 Å². The van der Waals surface area contributed by atoms with Crippen LogP contribution in [0.3, 0.4) is 0 Å². The van der Waals surface area contributed by atoms with Crippen LogP contribution in [-0.4, -0.2) is 45.1 Å². The predicted octanol–water partition coefficient (Wildman–Crippen LogP) is 1.17. The number of sulfonamides is 1. The van der Waals surface area contributed by atoms with Crippen LogP contribution in [0.25, 0.3) is 0 Å². The van der Waals surface area contributed by atoms with E-state index in [0.717, 1.165) is 4.31 Å². The smallest absolute Gasteiger partial charge is 0.316 e. The molecule has 1 aromatic rings. The number of anilines is 1. The number of nitrogen functional groups attached to an aromatic ring is 1. The summed E-state index contributed by atoms with van der Waals surface area (Å²) in [6.07, 6.45) is 0. The van der Waals surface area contributed by atoms with Crippen molar-refractivity contribution >= 4 is 33.4 Å². The molecular formula is C12H18N2O4S2. The SMILES string of the molecule is CCOC(=O)CSc1ccc(S(=O)(=O)N(C)C)cc1N. The fourth-order valence-corrected chi connectivity index (χ4v) is 3.05. The highest BCUT2D eigenvalue weighted by Gasteiger charge is 2.18. The van der Waals surface area contributed by atoms with Gasteiger partial charge in [0, 0.05) is 24.7 Å². The average Bonchev–Trinajstić information content (AvgIpc) is 2.37. The minimum Gasteiger partial charge on any atom is -0.465 e. The first-order chi connectivity index (χ1) is 9.28. The summed E-state index contributed by atoms with van der Waals surface area (Å²) < 4.78 is 29.8. The maximum absolute atomic E-state index is 11.9. The number of rotatable bonds is 6. The summed E-state index contributed by atoms with van der Waals surface area (Å²) in [6.45, 7) is 2.06. The Labute approximate surface area is 123 Å². The van der Waals surface area contributed by atoms with Crippen molar-refractivity contribution in [2.75, 3.05) is 32.2 Å². The zero-order valence-corrected chi connectivity index (χ0v) is 13.3. The van der Waals surface area contributed by atoms with Gasteiger partial charge in [-0.15, -0.1) is 11.8 Å². The Bertz CT molecular complexity index is 585. The van der Waals surface area contributed by atoms with Gasteiger partial charge in [-0.05, 0) is 25.1 Å². The summed E-state index contributed by atoms with van der Waals surface area (Å²) in [7, 11) is -0.597. The number of ether oxygens (including phenoxy) is 1. The largest absolute Gasteiger partial charge is 0.465 e. The van der Waals surface area contributed by atoms with E-state index in [9.17, 15) is 13.2 Å². The molecule has 2 N–H and O–H groups in total. The van der Waals surface area contributed by atoms with Crippen LogP contribution in [-0.2, 0) is 19.6 Å². The Morgan fingerprint density at radius 3 is 2.55 bits per heavy atom. The van der Waals surface area contributed by atoms with Gasteiger partial charge in [-0.3, -0.25) is 4.79 Å². The van der Waals surface area contributed by atoms with Crippen molar-refractivity contribution in [1.29, 1.82) is 0 Å². The first kappa shape index (κ1) is 16.8. The lowest BCUT2D eigenvalue weighted by Gasteiger charge is -2.13. The molecular weight excluding hydrogens is 300 g/mol. The Balaban J connectivity index is 2.87. The van der Waals surface area contributed by atoms with Gasteiger partial charge in [0.15, 0.2) is 0 Å². The summed E-state index contributed by atoms with van der Waals surface area (Å²) in [4.78, 5) is 12.0. The molecule has 112 valence electrons. The van der Waals surface area contributed by atoms with Crippen LogP contribution in [0.2, 0.25) is 0 Å². The van der Waals surface area contributed by atoms with Crippen LogP contribution in [0.5, 0.6) is 0 Å². The van der Waals surface area contributed by atoms with Gasteiger partial charge in [0.2, 0.25) is 10.0 Å². The monoisotopic (exact) mass is 318 g/mol. The molecule has 0 saturated heterocycles. The molecule has 0 bridgehead atoms. The minimum absolute atomic E-state index is 0.125. The maximum atomic E-state index is 11.9. The summed E-state index contributed by atoms with van der Waals surface area (Å²) in [5.74, 6) is -0.195. The van der Waals surface area contributed by atoms with E-state index in [-0.39, 0.29) is 16.6 Å². The van der Waals surface area contributed by atoms with Crippen molar-refractivity contribution in [1.82, 2.24) is 4.31 Å². The molecule has 0 saturated carbocycles. The topological polar surface area (TPSA) is 89.7 Å². The number of hydrogen-bond acceptors (Lipinski definition) is 6. The number of thioether (sulfide) groups is 1. The van der Waals surface area contributed by atoms with Crippen molar-refractivity contribution in [3.8, 4) is 0 Å². The number of nitrogens with two attached hydrogens (primary N) is 1. The number of nitrogens with zero attached hydrogens (tertiary/aromatic N) is 1. The minimum atomic E-state index is -3.50. The summed E-state index contributed by atoms with van der Waals surface area (Å²) in [5, 5.41) is 0. The maximum Gasteiger partial charge on any atom is 0.316 e. The lowest BCUT2D eigenvalue weighted by atomic mass is 10.3. The van der Waals surface area contributed by atoms with E-state index in [1.165, 1.54) is 38.0 Å². The Morgan fingerprint density at radius 2 is 2.05 bits per heavy atom. The molecule has 0 atom stereocenters. The number of carbonyl (C=O) groups is 1. The average molecular weight is 318 g/mol. The zero-order chi connectivity index (χ0) is 15.3. The Hall–Kier alpha value is -1.25. The molecule has 0 aliphatic carbocycles. The molecule has 6 nitrogen and oxygen atoms in total. The van der Waals surface area contributed by atoms with Gasteiger partial charge in [0.25, 0.3) is 0 Å². The van der Waals surface area contributed by atoms with Crippen molar-refractivity contribution in [3.05, 3.63) is 18.2 Å². The lowest BCUT2D eigenvalue weighted by molar-refractivity contribution is -0.139. The van der Waals surface area contributed by atoms with Crippen LogP contribution in [0.4, 0.5) is 5.69 Å². The third kappa shape index (κ3) is 4.12. The van der Waals surface area contributed by atoms with Gasteiger partial charge in [-0.1, -0.05) is 0 Å². The van der Waals surface area contributed by atoms with Crippen LogP contribution < -0.4 is 5.73 Å². The molecule has 20 heavy (non-hydrogen) atoms. The fourth-order valence-electron chi connectivity index (χ4n) is 1.37. The predicted molar refractivity (Wildman–Crippen MR) is 79.1 cm³/mol. The molecule has 0 aliphatic heterocycles. The van der Waals surface area contributed by atoms with E-state index in [1.807, 2.05) is 0 Å². The van der Waals surface area contributed by atoms with Gasteiger partial charge >= 0.3 is 5.97 Å². The molecule has 0 amide bonds. The summed E-state index contributed by atoms with van der Waals surface area (Å²) in [6, 6.07) is 4.46. The van der Waals surface area contributed by atoms with Crippen molar-refractivity contribution in [2.45, 2.75) is 16.7 Å². The fraction of sp³-hybridized carbons (Fsp3) is 0.417. The molecule has 0 heterocycles. The van der Waals surface area contributed by atoms with E-state index in [0.29, 0.717) is 17.2 Å².